The maximum absolute atomic E-state index is 12.5. The van der Waals surface area contributed by atoms with Crippen molar-refractivity contribution in [2.45, 2.75) is 33.6 Å². The molecule has 0 aromatic heterocycles. The molecule has 0 saturated carbocycles. The van der Waals surface area contributed by atoms with Gasteiger partial charge in [0.2, 0.25) is 0 Å². The van der Waals surface area contributed by atoms with Gasteiger partial charge in [0.15, 0.2) is 0 Å². The monoisotopic (exact) mass is 361 g/mol. The molecule has 3 heteroatoms. The molecule has 2 aromatic carbocycles. The van der Waals surface area contributed by atoms with Crippen molar-refractivity contribution in [3.05, 3.63) is 76.4 Å². The maximum Gasteiger partial charge on any atom is 0.410 e. The first kappa shape index (κ1) is 17.8. The topological polar surface area (TPSA) is 29.5 Å². The number of aryl methyl sites for hydroxylation is 2. The minimum Gasteiger partial charge on any atom is -0.450 e. The predicted octanol–water partition coefficient (Wildman–Crippen LogP) is 4.94. The van der Waals surface area contributed by atoms with E-state index >= 15 is 0 Å². The average molecular weight is 361 g/mol. The standard InChI is InChI=1S/C24H27NO2/c1-4-27-23(26)25-13-12-22-20-11-7-9-18(3)21(20)15-24(22,16-25)14-19-10-6-5-8-17(19)2/h5-12H,4,13-16H2,1-3H3/t24-/m1/s1. The highest BCUT2D eigenvalue weighted by molar-refractivity contribution is 5.81. The highest BCUT2D eigenvalue weighted by Gasteiger charge is 2.46. The molecular weight excluding hydrogens is 334 g/mol. The lowest BCUT2D eigenvalue weighted by molar-refractivity contribution is 0.0961. The number of fused-ring (bicyclic) bond motifs is 3. The molecule has 0 N–H and O–H groups in total. The van der Waals surface area contributed by atoms with Crippen molar-refractivity contribution in [3.63, 3.8) is 0 Å². The molecule has 3 nitrogen and oxygen atoms in total. The van der Waals surface area contributed by atoms with Crippen molar-refractivity contribution >= 4 is 11.7 Å². The second-order valence-corrected chi connectivity index (χ2v) is 7.86. The van der Waals surface area contributed by atoms with E-state index in [1.54, 1.807) is 0 Å². The summed E-state index contributed by atoms with van der Waals surface area (Å²) in [5.41, 5.74) is 8.15. The van der Waals surface area contributed by atoms with Crippen LogP contribution in [0.1, 0.15) is 34.7 Å². The second kappa shape index (κ2) is 6.88. The van der Waals surface area contributed by atoms with Crippen LogP contribution in [0.3, 0.4) is 0 Å². The number of hydrogen-bond donors (Lipinski definition) is 0. The van der Waals surface area contributed by atoms with Gasteiger partial charge in [-0.2, -0.15) is 0 Å². The van der Waals surface area contributed by atoms with Gasteiger partial charge in [0.25, 0.3) is 0 Å². The van der Waals surface area contributed by atoms with Gasteiger partial charge < -0.3 is 9.64 Å². The third-order valence-electron chi connectivity index (χ3n) is 6.11. The summed E-state index contributed by atoms with van der Waals surface area (Å²) in [5, 5.41) is 0. The molecule has 0 bridgehead atoms. The average Bonchev–Trinajstić information content (AvgIpc) is 2.99. The van der Waals surface area contributed by atoms with Crippen molar-refractivity contribution in [2.24, 2.45) is 5.41 Å². The van der Waals surface area contributed by atoms with Gasteiger partial charge in [0, 0.05) is 18.5 Å². The van der Waals surface area contributed by atoms with Gasteiger partial charge in [-0.3, -0.25) is 0 Å². The molecule has 1 heterocycles. The molecule has 0 radical (unpaired) electrons. The third-order valence-corrected chi connectivity index (χ3v) is 6.11. The van der Waals surface area contributed by atoms with E-state index in [2.05, 4.69) is 62.4 Å². The fraction of sp³-hybridized carbons (Fsp3) is 0.375. The Morgan fingerprint density at radius 2 is 1.89 bits per heavy atom. The zero-order valence-electron chi connectivity index (χ0n) is 16.4. The van der Waals surface area contributed by atoms with Gasteiger partial charge in [-0.15, -0.1) is 0 Å². The van der Waals surface area contributed by atoms with Crippen LogP contribution >= 0.6 is 0 Å². The van der Waals surface area contributed by atoms with Gasteiger partial charge >= 0.3 is 6.09 Å². The first-order chi connectivity index (χ1) is 13.0. The fourth-order valence-electron chi connectivity index (χ4n) is 4.75. The summed E-state index contributed by atoms with van der Waals surface area (Å²) < 4.78 is 5.31. The fourth-order valence-corrected chi connectivity index (χ4v) is 4.75. The van der Waals surface area contributed by atoms with Crippen molar-refractivity contribution in [2.75, 3.05) is 19.7 Å². The van der Waals surface area contributed by atoms with Crippen LogP contribution < -0.4 is 0 Å². The molecule has 1 atom stereocenters. The molecule has 0 spiro atoms. The summed E-state index contributed by atoms with van der Waals surface area (Å²) >= 11 is 0. The number of hydrogen-bond acceptors (Lipinski definition) is 2. The molecule has 4 rings (SSSR count). The molecule has 1 aliphatic heterocycles. The molecule has 0 fully saturated rings. The number of carbonyl (C=O) groups excluding carboxylic acids is 1. The van der Waals surface area contributed by atoms with Gasteiger partial charge in [-0.25, -0.2) is 4.79 Å². The molecular formula is C24H27NO2. The first-order valence-corrected chi connectivity index (χ1v) is 9.80. The van der Waals surface area contributed by atoms with E-state index in [0.717, 1.165) is 12.8 Å². The molecule has 0 saturated heterocycles. The Morgan fingerprint density at radius 3 is 2.67 bits per heavy atom. The van der Waals surface area contributed by atoms with Crippen LogP contribution in [0, 0.1) is 19.3 Å². The van der Waals surface area contributed by atoms with Gasteiger partial charge in [0.05, 0.1) is 6.61 Å². The van der Waals surface area contributed by atoms with Gasteiger partial charge in [0.1, 0.15) is 0 Å². The van der Waals surface area contributed by atoms with Crippen LogP contribution in [0.15, 0.2) is 48.5 Å². The van der Waals surface area contributed by atoms with E-state index in [1.165, 1.54) is 33.4 Å². The molecule has 2 aliphatic rings. The van der Waals surface area contributed by atoms with Crippen LogP contribution in [0.5, 0.6) is 0 Å². The van der Waals surface area contributed by atoms with Gasteiger partial charge in [-0.05, 0) is 67.0 Å². The smallest absolute Gasteiger partial charge is 0.410 e. The maximum atomic E-state index is 12.5. The van der Waals surface area contributed by atoms with E-state index in [1.807, 2.05) is 11.8 Å². The Kier molecular flexibility index (Phi) is 4.55. The van der Waals surface area contributed by atoms with E-state index < -0.39 is 0 Å². The summed E-state index contributed by atoms with van der Waals surface area (Å²) in [6.45, 7) is 7.98. The number of carbonyl (C=O) groups is 1. The normalized spacial score (nSPS) is 20.7. The summed E-state index contributed by atoms with van der Waals surface area (Å²) in [6.07, 6.45) is 3.97. The SMILES string of the molecule is CCOC(=O)N1CC=C2c3cccc(C)c3C[C@]2(Cc2ccccc2C)C1. The Hall–Kier alpha value is -2.55. The highest BCUT2D eigenvalue weighted by atomic mass is 16.6. The third kappa shape index (κ3) is 3.05. The lowest BCUT2D eigenvalue weighted by Crippen LogP contribution is -2.46. The predicted molar refractivity (Wildman–Crippen MR) is 109 cm³/mol. The molecule has 2 aromatic rings. The summed E-state index contributed by atoms with van der Waals surface area (Å²) in [4.78, 5) is 14.3. The van der Waals surface area contributed by atoms with Crippen molar-refractivity contribution < 1.29 is 9.53 Å². The van der Waals surface area contributed by atoms with Crippen molar-refractivity contribution in [1.29, 1.82) is 0 Å². The lowest BCUT2D eigenvalue weighted by atomic mass is 9.72. The minimum absolute atomic E-state index is 0.0778. The summed E-state index contributed by atoms with van der Waals surface area (Å²) in [5.74, 6) is 0. The number of nitrogens with zero attached hydrogens (tertiary/aromatic N) is 1. The van der Waals surface area contributed by atoms with Crippen LogP contribution in [-0.2, 0) is 17.6 Å². The number of amides is 1. The Balaban J connectivity index is 1.77. The largest absolute Gasteiger partial charge is 0.450 e. The van der Waals surface area contributed by atoms with E-state index in [9.17, 15) is 4.79 Å². The van der Waals surface area contributed by atoms with Crippen molar-refractivity contribution in [1.82, 2.24) is 4.90 Å². The first-order valence-electron chi connectivity index (χ1n) is 9.80. The Morgan fingerprint density at radius 1 is 1.11 bits per heavy atom. The molecule has 0 unspecified atom stereocenters. The number of ether oxygens (including phenoxy) is 1. The van der Waals surface area contributed by atoms with Crippen LogP contribution in [0.4, 0.5) is 4.79 Å². The van der Waals surface area contributed by atoms with Gasteiger partial charge in [-0.1, -0.05) is 48.5 Å². The van der Waals surface area contributed by atoms with Crippen LogP contribution in [-0.4, -0.2) is 30.7 Å². The molecule has 27 heavy (non-hydrogen) atoms. The Bertz CT molecular complexity index is 914. The lowest BCUT2D eigenvalue weighted by Gasteiger charge is -2.40. The van der Waals surface area contributed by atoms with E-state index in [4.69, 9.17) is 4.74 Å². The van der Waals surface area contributed by atoms with E-state index in [0.29, 0.717) is 19.7 Å². The summed E-state index contributed by atoms with van der Waals surface area (Å²) in [6, 6.07) is 15.2. The number of benzene rings is 2. The van der Waals surface area contributed by atoms with Crippen LogP contribution in [0.2, 0.25) is 0 Å². The zero-order valence-corrected chi connectivity index (χ0v) is 16.4. The number of rotatable bonds is 3. The van der Waals surface area contributed by atoms with Crippen LogP contribution in [0.25, 0.3) is 5.57 Å². The van der Waals surface area contributed by atoms with E-state index in [-0.39, 0.29) is 11.5 Å². The zero-order chi connectivity index (χ0) is 19.0. The highest BCUT2D eigenvalue weighted by Crippen LogP contribution is 2.51. The summed E-state index contributed by atoms with van der Waals surface area (Å²) in [7, 11) is 0. The minimum atomic E-state index is -0.204. The Labute approximate surface area is 161 Å². The van der Waals surface area contributed by atoms with Crippen molar-refractivity contribution in [3.8, 4) is 0 Å². The molecule has 1 aliphatic carbocycles. The quantitative estimate of drug-likeness (QED) is 0.774. The second-order valence-electron chi connectivity index (χ2n) is 7.86. The molecule has 140 valence electrons. The molecule has 1 amide bonds.